The Morgan fingerprint density at radius 1 is 1.09 bits per heavy atom. The van der Waals surface area contributed by atoms with Crippen molar-refractivity contribution in [2.75, 3.05) is 11.9 Å². The lowest BCUT2D eigenvalue weighted by Crippen LogP contribution is -2.13. The molecule has 0 aliphatic carbocycles. The number of Topliss-reactive ketones (excluding diaryl/α,β-unsaturated/α-hetero) is 1. The highest BCUT2D eigenvalue weighted by Crippen LogP contribution is 2.16. The van der Waals surface area contributed by atoms with E-state index in [1.165, 1.54) is 44.9 Å². The molecular formula is C19H32N2O. The maximum Gasteiger partial charge on any atom is 0.169 e. The van der Waals surface area contributed by atoms with Crippen molar-refractivity contribution in [3.05, 3.63) is 23.9 Å². The maximum atomic E-state index is 12.1. The Bertz CT molecular complexity index is 429. The number of aromatic nitrogens is 1. The zero-order valence-electron chi connectivity index (χ0n) is 14.5. The lowest BCUT2D eigenvalue weighted by molar-refractivity contribution is 0.0940. The van der Waals surface area contributed by atoms with E-state index in [2.05, 4.69) is 17.2 Å². The number of rotatable bonds is 12. The van der Waals surface area contributed by atoms with Crippen molar-refractivity contribution in [2.24, 2.45) is 5.92 Å². The molecule has 0 saturated heterocycles. The first kappa shape index (κ1) is 18.7. The monoisotopic (exact) mass is 304 g/mol. The van der Waals surface area contributed by atoms with Gasteiger partial charge in [-0.25, -0.2) is 4.98 Å². The minimum absolute atomic E-state index is 0.00729. The highest BCUT2D eigenvalue weighted by molar-refractivity contribution is 6.01. The van der Waals surface area contributed by atoms with Gasteiger partial charge in [-0.2, -0.15) is 0 Å². The van der Waals surface area contributed by atoms with Crippen LogP contribution < -0.4 is 5.32 Å². The van der Waals surface area contributed by atoms with Gasteiger partial charge in [0.2, 0.25) is 0 Å². The van der Waals surface area contributed by atoms with Crippen molar-refractivity contribution in [2.45, 2.75) is 72.1 Å². The Kier molecular flexibility index (Phi) is 9.52. The van der Waals surface area contributed by atoms with Gasteiger partial charge in [0.15, 0.2) is 5.78 Å². The average molecular weight is 304 g/mol. The summed E-state index contributed by atoms with van der Waals surface area (Å²) in [5.74, 6) is 0.906. The van der Waals surface area contributed by atoms with E-state index in [0.29, 0.717) is 0 Å². The standard InChI is InChI=1S/C19H32N2O/c1-4-5-6-7-8-9-10-11-14-20-19-17(13-12-15-21-19)18(22)16(2)3/h12-13,15-16H,4-11,14H2,1-3H3,(H,20,21). The number of pyridine rings is 1. The molecule has 1 rings (SSSR count). The molecule has 124 valence electrons. The molecule has 0 amide bonds. The van der Waals surface area contributed by atoms with Gasteiger partial charge in [-0.15, -0.1) is 0 Å². The summed E-state index contributed by atoms with van der Waals surface area (Å²) in [6, 6.07) is 3.70. The number of carbonyl (C=O) groups excluding carboxylic acids is 1. The van der Waals surface area contributed by atoms with Crippen LogP contribution in [0.25, 0.3) is 0 Å². The van der Waals surface area contributed by atoms with Crippen LogP contribution in [0.2, 0.25) is 0 Å². The molecule has 1 N–H and O–H groups in total. The first-order valence-electron chi connectivity index (χ1n) is 8.90. The van der Waals surface area contributed by atoms with Gasteiger partial charge in [0.1, 0.15) is 5.82 Å². The molecule has 0 aliphatic heterocycles. The second-order valence-corrected chi connectivity index (χ2v) is 6.32. The summed E-state index contributed by atoms with van der Waals surface area (Å²) in [7, 11) is 0. The van der Waals surface area contributed by atoms with Gasteiger partial charge in [-0.05, 0) is 18.6 Å². The second-order valence-electron chi connectivity index (χ2n) is 6.32. The first-order valence-corrected chi connectivity index (χ1v) is 8.90. The van der Waals surface area contributed by atoms with E-state index in [-0.39, 0.29) is 11.7 Å². The minimum atomic E-state index is 0.00729. The lowest BCUT2D eigenvalue weighted by Gasteiger charge is -2.11. The van der Waals surface area contributed by atoms with Crippen LogP contribution in [0.5, 0.6) is 0 Å². The summed E-state index contributed by atoms with van der Waals surface area (Å²) in [6.07, 6.45) is 12.2. The molecule has 1 aromatic heterocycles. The van der Waals surface area contributed by atoms with Gasteiger partial charge in [0.05, 0.1) is 5.56 Å². The van der Waals surface area contributed by atoms with Crippen LogP contribution in [0.4, 0.5) is 5.82 Å². The van der Waals surface area contributed by atoms with E-state index in [9.17, 15) is 4.79 Å². The number of anilines is 1. The molecule has 3 heteroatoms. The number of nitrogens with one attached hydrogen (secondary N) is 1. The van der Waals surface area contributed by atoms with Crippen LogP contribution in [0.3, 0.4) is 0 Å². The molecule has 0 bridgehead atoms. The Labute approximate surface area is 135 Å². The second kappa shape index (κ2) is 11.2. The van der Waals surface area contributed by atoms with Crippen LogP contribution in [-0.4, -0.2) is 17.3 Å². The number of hydrogen-bond donors (Lipinski definition) is 1. The van der Waals surface area contributed by atoms with Crippen LogP contribution in [0.1, 0.15) is 82.5 Å². The highest BCUT2D eigenvalue weighted by Gasteiger charge is 2.14. The van der Waals surface area contributed by atoms with Gasteiger partial charge in [-0.3, -0.25) is 4.79 Å². The summed E-state index contributed by atoms with van der Waals surface area (Å²) in [5.41, 5.74) is 0.720. The first-order chi connectivity index (χ1) is 10.7. The fraction of sp³-hybridized carbons (Fsp3) is 0.684. The highest BCUT2D eigenvalue weighted by atomic mass is 16.1. The molecule has 0 aliphatic rings. The molecule has 0 saturated carbocycles. The quantitative estimate of drug-likeness (QED) is 0.411. The van der Waals surface area contributed by atoms with E-state index in [1.54, 1.807) is 6.20 Å². The normalized spacial score (nSPS) is 10.9. The van der Waals surface area contributed by atoms with Gasteiger partial charge in [0.25, 0.3) is 0 Å². The number of carbonyl (C=O) groups is 1. The van der Waals surface area contributed by atoms with Crippen molar-refractivity contribution in [1.29, 1.82) is 0 Å². The number of hydrogen-bond acceptors (Lipinski definition) is 3. The Hall–Kier alpha value is -1.38. The molecule has 1 heterocycles. The summed E-state index contributed by atoms with van der Waals surface area (Å²) >= 11 is 0. The smallest absolute Gasteiger partial charge is 0.169 e. The predicted molar refractivity (Wildman–Crippen MR) is 94.5 cm³/mol. The minimum Gasteiger partial charge on any atom is -0.369 e. The van der Waals surface area contributed by atoms with Crippen LogP contribution in [-0.2, 0) is 0 Å². The summed E-state index contributed by atoms with van der Waals surface area (Å²) in [4.78, 5) is 16.5. The van der Waals surface area contributed by atoms with E-state index in [4.69, 9.17) is 0 Å². The molecule has 0 fully saturated rings. The van der Waals surface area contributed by atoms with Crippen LogP contribution in [0.15, 0.2) is 18.3 Å². The summed E-state index contributed by atoms with van der Waals surface area (Å²) in [6.45, 7) is 7.00. The molecule has 1 aromatic rings. The number of unbranched alkanes of at least 4 members (excludes halogenated alkanes) is 7. The van der Waals surface area contributed by atoms with E-state index < -0.39 is 0 Å². The molecule has 0 unspecified atom stereocenters. The average Bonchev–Trinajstić information content (AvgIpc) is 2.53. The zero-order chi connectivity index (χ0) is 16.2. The molecule has 0 spiro atoms. The molecule has 22 heavy (non-hydrogen) atoms. The molecule has 3 nitrogen and oxygen atoms in total. The van der Waals surface area contributed by atoms with Crippen molar-refractivity contribution in [3.63, 3.8) is 0 Å². The SMILES string of the molecule is CCCCCCCCCCNc1ncccc1C(=O)C(C)C. The fourth-order valence-corrected chi connectivity index (χ4v) is 2.52. The van der Waals surface area contributed by atoms with Gasteiger partial charge < -0.3 is 5.32 Å². The largest absolute Gasteiger partial charge is 0.369 e. The topological polar surface area (TPSA) is 42.0 Å². The fourth-order valence-electron chi connectivity index (χ4n) is 2.52. The Balaban J connectivity index is 2.24. The zero-order valence-corrected chi connectivity index (χ0v) is 14.5. The number of ketones is 1. The van der Waals surface area contributed by atoms with Crippen molar-refractivity contribution in [1.82, 2.24) is 4.98 Å². The molecule has 0 radical (unpaired) electrons. The van der Waals surface area contributed by atoms with Crippen LogP contribution in [0, 0.1) is 5.92 Å². The third kappa shape index (κ3) is 7.06. The third-order valence-corrected chi connectivity index (χ3v) is 3.92. The third-order valence-electron chi connectivity index (χ3n) is 3.92. The van der Waals surface area contributed by atoms with Crippen LogP contribution >= 0.6 is 0 Å². The number of nitrogens with zero attached hydrogens (tertiary/aromatic N) is 1. The van der Waals surface area contributed by atoms with E-state index in [1.807, 2.05) is 26.0 Å². The molecular weight excluding hydrogens is 272 g/mol. The Morgan fingerprint density at radius 3 is 2.36 bits per heavy atom. The lowest BCUT2D eigenvalue weighted by atomic mass is 10.0. The van der Waals surface area contributed by atoms with Crippen molar-refractivity contribution >= 4 is 11.6 Å². The molecule has 0 atom stereocenters. The maximum absolute atomic E-state index is 12.1. The van der Waals surface area contributed by atoms with Crippen molar-refractivity contribution < 1.29 is 4.79 Å². The van der Waals surface area contributed by atoms with Crippen molar-refractivity contribution in [3.8, 4) is 0 Å². The molecule has 0 aromatic carbocycles. The van der Waals surface area contributed by atoms with E-state index >= 15 is 0 Å². The van der Waals surface area contributed by atoms with Gasteiger partial charge in [-0.1, -0.05) is 65.7 Å². The van der Waals surface area contributed by atoms with Gasteiger partial charge in [0, 0.05) is 18.7 Å². The van der Waals surface area contributed by atoms with E-state index in [0.717, 1.165) is 24.3 Å². The Morgan fingerprint density at radius 2 is 1.73 bits per heavy atom. The predicted octanol–water partition coefficient (Wildman–Crippen LogP) is 5.47. The summed E-state index contributed by atoms with van der Waals surface area (Å²) in [5, 5.41) is 3.33. The summed E-state index contributed by atoms with van der Waals surface area (Å²) < 4.78 is 0. The van der Waals surface area contributed by atoms with Gasteiger partial charge >= 0.3 is 0 Å².